The van der Waals surface area contributed by atoms with Crippen molar-refractivity contribution in [3.63, 3.8) is 0 Å². The van der Waals surface area contributed by atoms with Crippen LogP contribution in [0.25, 0.3) is 0 Å². The van der Waals surface area contributed by atoms with Gasteiger partial charge in [0.05, 0.1) is 16.8 Å². The zero-order valence-corrected chi connectivity index (χ0v) is 24.4. The molecule has 1 fully saturated rings. The van der Waals surface area contributed by atoms with Crippen molar-refractivity contribution >= 4 is 33.6 Å². The van der Waals surface area contributed by atoms with Gasteiger partial charge < -0.3 is 15.3 Å². The molecule has 1 saturated heterocycles. The number of nitrogens with zero attached hydrogens (tertiary/aromatic N) is 1. The lowest BCUT2D eigenvalue weighted by Crippen LogP contribution is -2.58. The number of carbonyl (C=O) groups is 2. The molecule has 3 N–H and O–H groups in total. The summed E-state index contributed by atoms with van der Waals surface area (Å²) in [4.78, 5) is 28.6. The third-order valence-corrected chi connectivity index (χ3v) is 9.96. The smallest absolute Gasteiger partial charge is 0.254 e. The van der Waals surface area contributed by atoms with Crippen molar-refractivity contribution in [3.05, 3.63) is 102 Å². The number of aliphatic hydroxyl groups is 1. The summed E-state index contributed by atoms with van der Waals surface area (Å²) in [5.74, 6) is -0.844. The molecular formula is C30H35N3O5S2. The number of benzene rings is 3. The van der Waals surface area contributed by atoms with Crippen LogP contribution in [0.3, 0.4) is 0 Å². The highest BCUT2D eigenvalue weighted by Gasteiger charge is 2.50. The van der Waals surface area contributed by atoms with Crippen LogP contribution in [0.1, 0.15) is 30.5 Å². The van der Waals surface area contributed by atoms with Gasteiger partial charge in [-0.3, -0.25) is 9.59 Å². The van der Waals surface area contributed by atoms with E-state index in [2.05, 4.69) is 10.0 Å². The Hall–Kier alpha value is -3.18. The van der Waals surface area contributed by atoms with Crippen molar-refractivity contribution in [1.29, 1.82) is 0 Å². The van der Waals surface area contributed by atoms with E-state index >= 15 is 0 Å². The lowest BCUT2D eigenvalue weighted by molar-refractivity contribution is -0.147. The Bertz CT molecular complexity index is 1430. The number of thioether (sulfide) groups is 1. The van der Waals surface area contributed by atoms with Gasteiger partial charge in [-0.2, -0.15) is 0 Å². The first-order valence-electron chi connectivity index (χ1n) is 13.1. The molecule has 0 aromatic heterocycles. The fourth-order valence-corrected chi connectivity index (χ4v) is 7.20. The second kappa shape index (κ2) is 12.6. The summed E-state index contributed by atoms with van der Waals surface area (Å²) in [6.07, 6.45) is -1.64. The first-order valence-corrected chi connectivity index (χ1v) is 15.5. The monoisotopic (exact) mass is 581 g/mol. The third kappa shape index (κ3) is 6.93. The van der Waals surface area contributed by atoms with Gasteiger partial charge in [0.15, 0.2) is 0 Å². The van der Waals surface area contributed by atoms with Gasteiger partial charge >= 0.3 is 0 Å². The van der Waals surface area contributed by atoms with Crippen molar-refractivity contribution in [3.8, 4) is 0 Å². The number of aryl methyl sites for hydroxylation is 1. The highest BCUT2D eigenvalue weighted by Crippen LogP contribution is 2.40. The maximum atomic E-state index is 13.8. The highest BCUT2D eigenvalue weighted by atomic mass is 32.2. The van der Waals surface area contributed by atoms with Gasteiger partial charge in [-0.15, -0.1) is 11.8 Å². The summed E-state index contributed by atoms with van der Waals surface area (Å²) in [5.41, 5.74) is 2.76. The number of hydrogen-bond donors (Lipinski definition) is 3. The molecule has 4 rings (SSSR count). The molecule has 1 aliphatic heterocycles. The summed E-state index contributed by atoms with van der Waals surface area (Å²) in [7, 11) is -4.04. The molecule has 3 aromatic rings. The Labute approximate surface area is 240 Å². The van der Waals surface area contributed by atoms with Crippen molar-refractivity contribution in [2.75, 3.05) is 5.88 Å². The molecule has 212 valence electrons. The van der Waals surface area contributed by atoms with Gasteiger partial charge in [0.1, 0.15) is 12.1 Å². The largest absolute Gasteiger partial charge is 0.382 e. The van der Waals surface area contributed by atoms with Crippen LogP contribution in [0, 0.1) is 6.92 Å². The molecule has 10 heteroatoms. The van der Waals surface area contributed by atoms with Crippen LogP contribution in [-0.2, 0) is 32.6 Å². The Kier molecular flexibility index (Phi) is 9.35. The van der Waals surface area contributed by atoms with Gasteiger partial charge in [-0.05, 0) is 56.0 Å². The van der Waals surface area contributed by atoms with E-state index in [9.17, 15) is 23.1 Å². The average molecular weight is 582 g/mol. The Morgan fingerprint density at radius 3 is 2.25 bits per heavy atom. The van der Waals surface area contributed by atoms with Gasteiger partial charge in [0.25, 0.3) is 5.91 Å². The van der Waals surface area contributed by atoms with E-state index in [1.165, 1.54) is 28.8 Å². The Morgan fingerprint density at radius 1 is 1.00 bits per heavy atom. The highest BCUT2D eigenvalue weighted by molar-refractivity contribution is 8.00. The van der Waals surface area contributed by atoms with E-state index < -0.39 is 38.9 Å². The predicted octanol–water partition coefficient (Wildman–Crippen LogP) is 3.24. The summed E-state index contributed by atoms with van der Waals surface area (Å²) in [6.45, 7) is 6.04. The summed E-state index contributed by atoms with van der Waals surface area (Å²) < 4.78 is 28.3. The maximum Gasteiger partial charge on any atom is 0.254 e. The summed E-state index contributed by atoms with van der Waals surface area (Å²) in [6, 6.07) is 22.6. The summed E-state index contributed by atoms with van der Waals surface area (Å²) >= 11 is 1.43. The number of sulfonamides is 1. The molecule has 0 aliphatic carbocycles. The molecule has 40 heavy (non-hydrogen) atoms. The zero-order valence-electron chi connectivity index (χ0n) is 22.8. The molecule has 1 heterocycles. The van der Waals surface area contributed by atoms with Gasteiger partial charge in [-0.1, -0.05) is 72.8 Å². The number of amides is 2. The quantitative estimate of drug-likeness (QED) is 0.339. The van der Waals surface area contributed by atoms with Crippen LogP contribution in [0.15, 0.2) is 89.8 Å². The van der Waals surface area contributed by atoms with Crippen molar-refractivity contribution in [1.82, 2.24) is 14.9 Å². The van der Waals surface area contributed by atoms with Gasteiger partial charge in [0, 0.05) is 11.3 Å². The maximum absolute atomic E-state index is 13.8. The summed E-state index contributed by atoms with van der Waals surface area (Å²) in [5, 5.41) is 14.3. The van der Waals surface area contributed by atoms with Gasteiger partial charge in [0.2, 0.25) is 15.9 Å². The van der Waals surface area contributed by atoms with Crippen molar-refractivity contribution in [2.45, 2.75) is 61.6 Å². The number of carbonyl (C=O) groups excluding carboxylic acids is 2. The molecular weight excluding hydrogens is 546 g/mol. The molecule has 3 aromatic carbocycles. The first-order chi connectivity index (χ1) is 19.0. The second-order valence-corrected chi connectivity index (χ2v) is 13.7. The number of rotatable bonds is 10. The SMILES string of the molecule is Cc1ccccc1CNC(=O)C1N(C(=O)[C@@H](O)[C@H](Cc2ccccc2)NS(=O)(=O)c2ccccc2)CSC1(C)C. The van der Waals surface area contributed by atoms with Crippen molar-refractivity contribution < 1.29 is 23.1 Å². The minimum atomic E-state index is -4.04. The van der Waals surface area contributed by atoms with Crippen LogP contribution in [-0.4, -0.2) is 59.1 Å². The molecule has 8 nitrogen and oxygen atoms in total. The van der Waals surface area contributed by atoms with E-state index in [1.54, 1.807) is 42.5 Å². The first kappa shape index (κ1) is 29.8. The lowest BCUT2D eigenvalue weighted by Gasteiger charge is -2.33. The predicted molar refractivity (Wildman–Crippen MR) is 157 cm³/mol. The standard InChI is InChI=1S/C30H35N3O5S2/c1-21-12-10-11-15-23(21)19-31-28(35)27-30(2,3)39-20-33(27)29(36)26(34)25(18-22-13-6-4-7-14-22)32-40(37,38)24-16-8-5-9-17-24/h4-17,25-27,32,34H,18-20H2,1-3H3,(H,31,35)/t25-,26-,27?/m0/s1. The number of hydrogen-bond acceptors (Lipinski definition) is 6. The fraction of sp³-hybridized carbons (Fsp3) is 0.333. The Balaban J connectivity index is 1.57. The minimum absolute atomic E-state index is 0.0269. The normalized spacial score (nSPS) is 18.2. The topological polar surface area (TPSA) is 116 Å². The second-order valence-electron chi connectivity index (χ2n) is 10.4. The van der Waals surface area contributed by atoms with Crippen LogP contribution in [0.5, 0.6) is 0 Å². The van der Waals surface area contributed by atoms with E-state index in [4.69, 9.17) is 0 Å². The average Bonchev–Trinajstić information content (AvgIpc) is 3.27. The van der Waals surface area contributed by atoms with E-state index in [0.717, 1.165) is 16.7 Å². The van der Waals surface area contributed by atoms with Crippen LogP contribution in [0.4, 0.5) is 0 Å². The third-order valence-electron chi connectivity index (χ3n) is 7.08. The van der Waals surface area contributed by atoms with Gasteiger partial charge in [-0.25, -0.2) is 13.1 Å². The molecule has 1 aliphatic rings. The van der Waals surface area contributed by atoms with Crippen molar-refractivity contribution in [2.24, 2.45) is 0 Å². The fourth-order valence-electron chi connectivity index (χ4n) is 4.79. The molecule has 0 bridgehead atoms. The molecule has 0 radical (unpaired) electrons. The van der Waals surface area contributed by atoms with E-state index in [-0.39, 0.29) is 23.1 Å². The van der Waals surface area contributed by atoms with E-state index in [1.807, 2.05) is 51.1 Å². The van der Waals surface area contributed by atoms with E-state index in [0.29, 0.717) is 6.54 Å². The molecule has 2 amide bonds. The molecule has 1 unspecified atom stereocenters. The molecule has 0 saturated carbocycles. The number of aliphatic hydroxyl groups excluding tert-OH is 1. The lowest BCUT2D eigenvalue weighted by atomic mass is 9.97. The zero-order chi connectivity index (χ0) is 28.9. The Morgan fingerprint density at radius 2 is 1.60 bits per heavy atom. The van der Waals surface area contributed by atoms with Crippen LogP contribution in [0.2, 0.25) is 0 Å². The van der Waals surface area contributed by atoms with Crippen LogP contribution >= 0.6 is 11.8 Å². The van der Waals surface area contributed by atoms with Crippen LogP contribution < -0.4 is 10.0 Å². The minimum Gasteiger partial charge on any atom is -0.382 e. The number of nitrogens with one attached hydrogen (secondary N) is 2. The molecule has 0 spiro atoms. The molecule has 3 atom stereocenters.